The molecule has 5 aromatic rings. The zero-order chi connectivity index (χ0) is 52.1. The van der Waals surface area contributed by atoms with Gasteiger partial charge in [0.25, 0.3) is 5.91 Å². The van der Waals surface area contributed by atoms with E-state index in [1.165, 1.54) is 11.0 Å². The van der Waals surface area contributed by atoms with Crippen molar-refractivity contribution in [3.05, 3.63) is 119 Å². The molecule has 4 amide bonds. The lowest BCUT2D eigenvalue weighted by Gasteiger charge is -2.35. The van der Waals surface area contributed by atoms with Gasteiger partial charge < -0.3 is 30.3 Å². The number of hydrogen-bond donors (Lipinski definition) is 3. The standard InChI is InChI=1S/C53H57F3N8O6S2/c1-32-45(72-31-60-32)35-13-11-33(12-14-35)27-59-47(67)43-25-41(65)29-62(43)48(68)46(51(2,3)4)61-44(66)30-70-23-9-7-8-10-38-19-15-37(28-58-38)34-16-20-39(21-17-34)64-50(71)63(49(69)52(64,5)6)40-22-18-36(26-57)42(24-40)53(54,55)56/h11-22,24,28,31,41,43,46,65H,7-10,23,25,27,29-30H2,1-6H3,(H,59,67)(H,61,66)/t41-,43+,46-/m1/s1. The fourth-order valence-electron chi connectivity index (χ4n) is 8.84. The quantitative estimate of drug-likeness (QED) is 0.0600. The molecule has 2 aliphatic heterocycles. The summed E-state index contributed by atoms with van der Waals surface area (Å²) in [5.74, 6) is -1.81. The summed E-state index contributed by atoms with van der Waals surface area (Å²) >= 11 is 7.24. The molecule has 0 saturated carbocycles. The Labute approximate surface area is 426 Å². The van der Waals surface area contributed by atoms with Crippen LogP contribution >= 0.6 is 23.6 Å². The van der Waals surface area contributed by atoms with E-state index < -0.39 is 64.2 Å². The third kappa shape index (κ3) is 12.0. The minimum absolute atomic E-state index is 0.00714. The number of aromatic nitrogens is 2. The molecule has 0 bridgehead atoms. The van der Waals surface area contributed by atoms with Gasteiger partial charge in [0.05, 0.1) is 45.1 Å². The molecule has 0 radical (unpaired) electrons. The number of nitriles is 1. The van der Waals surface area contributed by atoms with Gasteiger partial charge >= 0.3 is 6.18 Å². The molecule has 4 heterocycles. The summed E-state index contributed by atoms with van der Waals surface area (Å²) < 4.78 is 47.0. The van der Waals surface area contributed by atoms with Crippen molar-refractivity contribution in [1.82, 2.24) is 25.5 Å². The number of halogens is 3. The van der Waals surface area contributed by atoms with Gasteiger partial charge in [0.1, 0.15) is 24.2 Å². The molecule has 14 nitrogen and oxygen atoms in total. The van der Waals surface area contributed by atoms with E-state index in [9.17, 15) is 42.7 Å². The molecule has 0 spiro atoms. The summed E-state index contributed by atoms with van der Waals surface area (Å²) in [5, 5.41) is 25.6. The van der Waals surface area contributed by atoms with E-state index in [0.717, 1.165) is 74.8 Å². The zero-order valence-corrected chi connectivity index (χ0v) is 42.5. The lowest BCUT2D eigenvalue weighted by atomic mass is 9.85. The molecule has 3 N–H and O–H groups in total. The molecule has 7 rings (SSSR count). The maximum Gasteiger partial charge on any atom is 0.417 e. The van der Waals surface area contributed by atoms with Crippen LogP contribution in [0.15, 0.2) is 90.6 Å². The number of amides is 4. The van der Waals surface area contributed by atoms with E-state index in [1.807, 2.05) is 76.2 Å². The zero-order valence-electron chi connectivity index (χ0n) is 40.9. The highest BCUT2D eigenvalue weighted by atomic mass is 32.1. The first kappa shape index (κ1) is 53.2. The number of likely N-dealkylation sites (tertiary alicyclic amines) is 1. The van der Waals surface area contributed by atoms with Gasteiger partial charge in [0.15, 0.2) is 5.11 Å². The molecule has 2 fully saturated rings. The maximum absolute atomic E-state index is 14.0. The van der Waals surface area contributed by atoms with Gasteiger partial charge in [-0.2, -0.15) is 18.4 Å². The van der Waals surface area contributed by atoms with Gasteiger partial charge in [-0.3, -0.25) is 29.1 Å². The van der Waals surface area contributed by atoms with Crippen molar-refractivity contribution in [1.29, 1.82) is 5.26 Å². The SMILES string of the molecule is Cc1ncsc1-c1ccc(CNC(=O)[C@@H]2C[C@@H](O)CN2C(=O)[C@@H](NC(=O)COCCCCCc2ccc(-c3ccc(N4C(=S)N(c5ccc(C#N)c(C(F)(F)F)c5)C(=O)C4(C)C)cc3)cn2)C(C)(C)C)cc1. The van der Waals surface area contributed by atoms with Gasteiger partial charge in [-0.1, -0.05) is 69.7 Å². The summed E-state index contributed by atoms with van der Waals surface area (Å²) in [6, 6.07) is 21.8. The molecule has 0 aliphatic carbocycles. The molecule has 3 atom stereocenters. The van der Waals surface area contributed by atoms with E-state index in [4.69, 9.17) is 17.0 Å². The minimum Gasteiger partial charge on any atom is -0.391 e. The number of unbranched alkanes of at least 4 members (excludes halogenated alkanes) is 2. The number of rotatable bonds is 17. The van der Waals surface area contributed by atoms with Crippen LogP contribution in [0, 0.1) is 23.7 Å². The van der Waals surface area contributed by atoms with E-state index in [2.05, 4.69) is 20.6 Å². The molecule has 378 valence electrons. The molecule has 2 saturated heterocycles. The molecular weight excluding hydrogens is 966 g/mol. The monoisotopic (exact) mass is 1020 g/mol. The Bertz CT molecular complexity index is 2840. The highest BCUT2D eigenvalue weighted by molar-refractivity contribution is 7.81. The average Bonchev–Trinajstić information content (AvgIpc) is 4.01. The van der Waals surface area contributed by atoms with Gasteiger partial charge in [0, 0.05) is 49.3 Å². The predicted octanol–water partition coefficient (Wildman–Crippen LogP) is 8.53. The molecule has 72 heavy (non-hydrogen) atoms. The number of nitrogens with one attached hydrogen (secondary N) is 2. The Balaban J connectivity index is 0.841. The third-order valence-corrected chi connectivity index (χ3v) is 14.1. The lowest BCUT2D eigenvalue weighted by Crippen LogP contribution is -2.58. The molecule has 3 aromatic carbocycles. The van der Waals surface area contributed by atoms with E-state index in [1.54, 1.807) is 60.0 Å². The van der Waals surface area contributed by atoms with Gasteiger partial charge in [-0.25, -0.2) is 4.98 Å². The Hall–Kier alpha value is -6.59. The van der Waals surface area contributed by atoms with Crippen molar-refractivity contribution in [3.8, 4) is 27.6 Å². The molecule has 19 heteroatoms. The van der Waals surface area contributed by atoms with Crippen LogP contribution < -0.4 is 20.4 Å². The molecule has 0 unspecified atom stereocenters. The number of nitrogens with zero attached hydrogens (tertiary/aromatic N) is 6. The summed E-state index contributed by atoms with van der Waals surface area (Å²) in [6.07, 6.45) is -0.774. The second-order valence-electron chi connectivity index (χ2n) is 19.5. The van der Waals surface area contributed by atoms with Crippen molar-refractivity contribution >= 4 is 63.7 Å². The number of aryl methyl sites for hydroxylation is 2. The first-order valence-corrected chi connectivity index (χ1v) is 24.9. The number of pyridine rings is 1. The Kier molecular flexibility index (Phi) is 16.3. The van der Waals surface area contributed by atoms with Gasteiger partial charge in [0.2, 0.25) is 17.7 Å². The summed E-state index contributed by atoms with van der Waals surface area (Å²) in [7, 11) is 0. The largest absolute Gasteiger partial charge is 0.417 e. The number of alkyl halides is 3. The van der Waals surface area contributed by atoms with Gasteiger partial charge in [-0.05, 0) is 111 Å². The maximum atomic E-state index is 14.0. The second kappa shape index (κ2) is 22.0. The number of carbonyl (C=O) groups excluding carboxylic acids is 4. The van der Waals surface area contributed by atoms with Crippen molar-refractivity contribution in [3.63, 3.8) is 0 Å². The number of benzene rings is 3. The number of carbonyl (C=O) groups is 4. The predicted molar refractivity (Wildman–Crippen MR) is 272 cm³/mol. The number of aliphatic hydroxyl groups excluding tert-OH is 1. The van der Waals surface area contributed by atoms with Crippen LogP contribution in [0.1, 0.15) is 88.4 Å². The smallest absolute Gasteiger partial charge is 0.391 e. The first-order valence-electron chi connectivity index (χ1n) is 23.6. The topological polar surface area (TPSA) is 181 Å². The average molecular weight is 1020 g/mol. The van der Waals surface area contributed by atoms with Crippen molar-refractivity contribution in [2.75, 3.05) is 29.6 Å². The fourth-order valence-corrected chi connectivity index (χ4v) is 10.2. The third-order valence-electron chi connectivity index (χ3n) is 12.8. The molecular formula is C53H57F3N8O6S2. The van der Waals surface area contributed by atoms with E-state index >= 15 is 0 Å². The van der Waals surface area contributed by atoms with Crippen LogP contribution in [0.25, 0.3) is 21.6 Å². The fraction of sp³-hybridized carbons (Fsp3) is 0.396. The Morgan fingerprint density at radius 1 is 0.958 bits per heavy atom. The number of β-amino-alcohol motifs (C(OH)–C–C–N with tert-alkyl or cyclic N) is 1. The van der Waals surface area contributed by atoms with Crippen LogP contribution in [0.5, 0.6) is 0 Å². The van der Waals surface area contributed by atoms with Crippen LogP contribution in [-0.2, 0) is 43.1 Å². The number of thiazole rings is 1. The molecule has 2 aromatic heterocycles. The molecule has 2 aliphatic rings. The van der Waals surface area contributed by atoms with Gasteiger partial charge in [-0.15, -0.1) is 11.3 Å². The number of thiocarbonyl (C=S) groups is 1. The van der Waals surface area contributed by atoms with Crippen LogP contribution in [-0.4, -0.2) is 92.2 Å². The lowest BCUT2D eigenvalue weighted by molar-refractivity contribution is -0.144. The highest BCUT2D eigenvalue weighted by Crippen LogP contribution is 2.40. The number of ether oxygens (including phenoxy) is 1. The first-order chi connectivity index (χ1) is 34.1. The van der Waals surface area contributed by atoms with Crippen LogP contribution in [0.2, 0.25) is 0 Å². The van der Waals surface area contributed by atoms with E-state index in [-0.39, 0.29) is 42.8 Å². The minimum atomic E-state index is -4.80. The Morgan fingerprint density at radius 3 is 2.26 bits per heavy atom. The number of hydrogen-bond acceptors (Lipinski definition) is 11. The van der Waals surface area contributed by atoms with Crippen molar-refractivity contribution in [2.45, 2.75) is 110 Å². The van der Waals surface area contributed by atoms with Crippen LogP contribution in [0.3, 0.4) is 0 Å². The summed E-state index contributed by atoms with van der Waals surface area (Å²) in [6.45, 7) is 11.0. The number of aliphatic hydroxyl groups is 1. The Morgan fingerprint density at radius 2 is 1.64 bits per heavy atom. The summed E-state index contributed by atoms with van der Waals surface area (Å²) in [5.41, 5.74) is 4.12. The van der Waals surface area contributed by atoms with E-state index in [0.29, 0.717) is 18.7 Å². The van der Waals surface area contributed by atoms with Crippen molar-refractivity contribution < 1.29 is 42.2 Å². The summed E-state index contributed by atoms with van der Waals surface area (Å²) in [4.78, 5) is 68.3. The van der Waals surface area contributed by atoms with Crippen molar-refractivity contribution in [2.24, 2.45) is 5.41 Å². The normalized spacial score (nSPS) is 17.3. The number of anilines is 2. The van der Waals surface area contributed by atoms with Crippen LogP contribution in [0.4, 0.5) is 24.5 Å². The second-order valence-corrected chi connectivity index (χ2v) is 20.8. The highest BCUT2D eigenvalue weighted by Gasteiger charge is 2.51.